The van der Waals surface area contributed by atoms with Gasteiger partial charge in [-0.1, -0.05) is 16.9 Å². The predicted molar refractivity (Wildman–Crippen MR) is 99.4 cm³/mol. The number of nitrogens with one attached hydrogen (secondary N) is 1. The third kappa shape index (κ3) is 4.20. The molecule has 7 nitrogen and oxygen atoms in total. The van der Waals surface area contributed by atoms with Crippen LogP contribution >= 0.6 is 11.8 Å². The van der Waals surface area contributed by atoms with Crippen molar-refractivity contribution in [3.8, 4) is 0 Å². The van der Waals surface area contributed by atoms with E-state index < -0.39 is 0 Å². The summed E-state index contributed by atoms with van der Waals surface area (Å²) in [4.78, 5) is 28.6. The van der Waals surface area contributed by atoms with Crippen molar-refractivity contribution in [3.05, 3.63) is 70.1 Å². The number of thioether (sulfide) groups is 1. The number of rotatable bonds is 6. The summed E-state index contributed by atoms with van der Waals surface area (Å²) in [6.07, 6.45) is 3.27. The largest absolute Gasteiger partial charge is 0.361 e. The molecule has 0 aliphatic rings. The van der Waals surface area contributed by atoms with Crippen LogP contribution in [0.25, 0.3) is 0 Å². The summed E-state index contributed by atoms with van der Waals surface area (Å²) in [6.45, 7) is 4.23. The Morgan fingerprint density at radius 2 is 2.19 bits per heavy atom. The van der Waals surface area contributed by atoms with Crippen LogP contribution in [0.2, 0.25) is 0 Å². The van der Waals surface area contributed by atoms with Gasteiger partial charge in [-0.15, -0.1) is 0 Å². The first kappa shape index (κ1) is 17.9. The van der Waals surface area contributed by atoms with E-state index in [1.807, 2.05) is 19.9 Å². The van der Waals surface area contributed by atoms with Gasteiger partial charge >= 0.3 is 0 Å². The molecule has 1 amide bonds. The van der Waals surface area contributed by atoms with Crippen molar-refractivity contribution in [3.63, 3.8) is 0 Å². The van der Waals surface area contributed by atoms with Gasteiger partial charge in [0.1, 0.15) is 10.8 Å². The summed E-state index contributed by atoms with van der Waals surface area (Å²) in [5, 5.41) is 7.37. The van der Waals surface area contributed by atoms with Gasteiger partial charge in [-0.3, -0.25) is 9.59 Å². The second-order valence-corrected chi connectivity index (χ2v) is 6.53. The first-order chi connectivity index (χ1) is 12.6. The highest BCUT2D eigenvalue weighted by Gasteiger charge is 2.14. The quantitative estimate of drug-likeness (QED) is 0.671. The number of hydrogen-bond acceptors (Lipinski definition) is 6. The van der Waals surface area contributed by atoms with Crippen LogP contribution in [0.15, 0.2) is 57.1 Å². The second kappa shape index (κ2) is 8.01. The first-order valence-corrected chi connectivity index (χ1v) is 9.07. The van der Waals surface area contributed by atoms with Crippen molar-refractivity contribution in [2.45, 2.75) is 31.2 Å². The van der Waals surface area contributed by atoms with E-state index in [1.165, 1.54) is 22.4 Å². The number of amides is 1. The molecule has 1 N–H and O–H groups in total. The van der Waals surface area contributed by atoms with Crippen LogP contribution in [0, 0.1) is 6.92 Å². The number of carbonyl (C=O) groups excluding carboxylic acids is 1. The molecule has 3 aromatic rings. The van der Waals surface area contributed by atoms with Crippen LogP contribution in [-0.2, 0) is 12.3 Å². The molecule has 0 saturated heterocycles. The Bertz CT molecular complexity index is 980. The van der Waals surface area contributed by atoms with Gasteiger partial charge in [0.2, 0.25) is 0 Å². The molecular weight excluding hydrogens is 352 g/mol. The first-order valence-electron chi connectivity index (χ1n) is 8.08. The number of aromatic nitrogens is 3. The summed E-state index contributed by atoms with van der Waals surface area (Å²) in [5.74, 6) is 1.01. The van der Waals surface area contributed by atoms with Crippen LogP contribution in [0.1, 0.15) is 28.7 Å². The lowest BCUT2D eigenvalue weighted by Crippen LogP contribution is -2.20. The number of aryl methyl sites for hydroxylation is 2. The van der Waals surface area contributed by atoms with Crippen molar-refractivity contribution < 1.29 is 9.32 Å². The van der Waals surface area contributed by atoms with Crippen molar-refractivity contribution in [2.24, 2.45) is 0 Å². The summed E-state index contributed by atoms with van der Waals surface area (Å²) in [5.41, 5.74) is 1.71. The summed E-state index contributed by atoms with van der Waals surface area (Å²) in [7, 11) is 0. The minimum absolute atomic E-state index is 0.106. The zero-order valence-electron chi connectivity index (χ0n) is 14.4. The zero-order valence-corrected chi connectivity index (χ0v) is 15.2. The van der Waals surface area contributed by atoms with Crippen molar-refractivity contribution in [1.29, 1.82) is 0 Å². The number of anilines is 1. The Morgan fingerprint density at radius 1 is 1.35 bits per heavy atom. The fourth-order valence-corrected chi connectivity index (χ4v) is 3.23. The normalized spacial score (nSPS) is 10.7. The van der Waals surface area contributed by atoms with Crippen molar-refractivity contribution >= 4 is 23.4 Å². The van der Waals surface area contributed by atoms with Crippen molar-refractivity contribution in [2.75, 3.05) is 5.32 Å². The fraction of sp³-hybridized carbons (Fsp3) is 0.222. The molecule has 3 rings (SSSR count). The van der Waals surface area contributed by atoms with Gasteiger partial charge in [-0.05, 0) is 32.0 Å². The van der Waals surface area contributed by atoms with Crippen LogP contribution in [0.3, 0.4) is 0 Å². The van der Waals surface area contributed by atoms with E-state index >= 15 is 0 Å². The maximum atomic E-state index is 12.6. The Morgan fingerprint density at radius 3 is 2.92 bits per heavy atom. The molecule has 0 radical (unpaired) electrons. The predicted octanol–water partition coefficient (Wildman–Crippen LogP) is 3.10. The van der Waals surface area contributed by atoms with Gasteiger partial charge in [-0.25, -0.2) is 4.98 Å². The molecule has 0 aliphatic heterocycles. The smallest absolute Gasteiger partial charge is 0.258 e. The minimum atomic E-state index is -0.279. The molecule has 8 heteroatoms. The van der Waals surface area contributed by atoms with Crippen LogP contribution < -0.4 is 10.9 Å². The molecule has 0 atom stereocenters. The fourth-order valence-electron chi connectivity index (χ4n) is 2.36. The Labute approximate surface area is 154 Å². The molecular formula is C18H18N4O3S. The van der Waals surface area contributed by atoms with Gasteiger partial charge in [0, 0.05) is 36.8 Å². The van der Waals surface area contributed by atoms with E-state index in [1.54, 1.807) is 30.6 Å². The van der Waals surface area contributed by atoms with E-state index in [4.69, 9.17) is 4.52 Å². The van der Waals surface area contributed by atoms with Crippen molar-refractivity contribution in [1.82, 2.24) is 14.7 Å². The van der Waals surface area contributed by atoms with Gasteiger partial charge in [0.15, 0.2) is 0 Å². The standard InChI is InChI=1S/C18H18N4O3S/c1-3-22-10-13(6-7-16(22)23)20-17(24)15-5-4-8-19-18(15)26-11-14-9-12(2)25-21-14/h4-10H,3,11H2,1-2H3,(H,20,24). The average molecular weight is 370 g/mol. The molecule has 0 aromatic carbocycles. The zero-order chi connectivity index (χ0) is 18.5. The molecule has 0 saturated carbocycles. The lowest BCUT2D eigenvalue weighted by Gasteiger charge is -2.10. The molecule has 0 bridgehead atoms. The summed E-state index contributed by atoms with van der Waals surface area (Å²) >= 11 is 1.41. The molecule has 0 unspecified atom stereocenters. The number of nitrogens with zero attached hydrogens (tertiary/aromatic N) is 3. The van der Waals surface area contributed by atoms with Gasteiger partial charge in [-0.2, -0.15) is 0 Å². The van der Waals surface area contributed by atoms with E-state index in [0.29, 0.717) is 28.6 Å². The molecule has 3 aromatic heterocycles. The third-order valence-corrected chi connectivity index (χ3v) is 4.67. The minimum Gasteiger partial charge on any atom is -0.361 e. The molecule has 26 heavy (non-hydrogen) atoms. The molecule has 3 heterocycles. The van der Waals surface area contributed by atoms with Crippen LogP contribution in [0.5, 0.6) is 0 Å². The highest BCUT2D eigenvalue weighted by molar-refractivity contribution is 7.98. The maximum absolute atomic E-state index is 12.6. The topological polar surface area (TPSA) is 90.0 Å². The van der Waals surface area contributed by atoms with E-state index in [9.17, 15) is 9.59 Å². The van der Waals surface area contributed by atoms with Crippen LogP contribution in [-0.4, -0.2) is 20.6 Å². The third-order valence-electron chi connectivity index (χ3n) is 3.63. The number of hydrogen-bond donors (Lipinski definition) is 1. The van der Waals surface area contributed by atoms with E-state index in [0.717, 1.165) is 11.5 Å². The molecule has 134 valence electrons. The summed E-state index contributed by atoms with van der Waals surface area (Å²) in [6, 6.07) is 8.31. The lowest BCUT2D eigenvalue weighted by molar-refractivity contribution is 0.102. The van der Waals surface area contributed by atoms with Gasteiger partial charge < -0.3 is 14.4 Å². The molecule has 0 spiro atoms. The average Bonchev–Trinajstić information content (AvgIpc) is 3.07. The van der Waals surface area contributed by atoms with E-state index in [-0.39, 0.29) is 11.5 Å². The highest BCUT2D eigenvalue weighted by Crippen LogP contribution is 2.24. The second-order valence-electron chi connectivity index (χ2n) is 5.57. The maximum Gasteiger partial charge on any atom is 0.258 e. The summed E-state index contributed by atoms with van der Waals surface area (Å²) < 4.78 is 6.58. The van der Waals surface area contributed by atoms with E-state index in [2.05, 4.69) is 15.5 Å². The van der Waals surface area contributed by atoms with Gasteiger partial charge in [0.25, 0.3) is 11.5 Å². The Hall–Kier alpha value is -2.87. The monoisotopic (exact) mass is 370 g/mol. The Kier molecular flexibility index (Phi) is 5.52. The molecule has 0 aliphatic carbocycles. The highest BCUT2D eigenvalue weighted by atomic mass is 32.2. The molecule has 0 fully saturated rings. The van der Waals surface area contributed by atoms with Crippen LogP contribution in [0.4, 0.5) is 5.69 Å². The number of pyridine rings is 2. The Balaban J connectivity index is 1.76. The van der Waals surface area contributed by atoms with Gasteiger partial charge in [0.05, 0.1) is 16.9 Å². The SMILES string of the molecule is CCn1cc(NC(=O)c2cccnc2SCc2cc(C)on2)ccc1=O. The lowest BCUT2D eigenvalue weighted by atomic mass is 10.2. The number of carbonyl (C=O) groups is 1.